The summed E-state index contributed by atoms with van der Waals surface area (Å²) >= 11 is 2.55. The molecular formula is C13H15FN4OS2. The molecule has 112 valence electrons. The van der Waals surface area contributed by atoms with Crippen molar-refractivity contribution in [2.75, 3.05) is 5.73 Å². The van der Waals surface area contributed by atoms with Gasteiger partial charge in [-0.3, -0.25) is 4.79 Å². The molecule has 1 heterocycles. The number of nitrogens with zero attached hydrogens (tertiary/aromatic N) is 2. The van der Waals surface area contributed by atoms with Crippen LogP contribution in [0.2, 0.25) is 0 Å². The van der Waals surface area contributed by atoms with Gasteiger partial charge in [0.15, 0.2) is 4.34 Å². The molecule has 0 aliphatic rings. The minimum absolute atomic E-state index is 0.120. The number of rotatable bonds is 5. The van der Waals surface area contributed by atoms with E-state index in [1.54, 1.807) is 19.1 Å². The molecule has 1 aromatic carbocycles. The van der Waals surface area contributed by atoms with E-state index in [1.807, 2.05) is 6.92 Å². The van der Waals surface area contributed by atoms with Gasteiger partial charge in [0.25, 0.3) is 0 Å². The standard InChI is InChI=1S/C13H15FN4OS2/c1-7(9-3-5-10(14)6-4-9)16-11(19)8(2)20-13-18-17-12(15)21-13/h3-8H,1-2H3,(H2,15,17)(H,16,19)/t7-,8+/m1/s1. The van der Waals surface area contributed by atoms with Crippen molar-refractivity contribution in [2.24, 2.45) is 0 Å². The fraction of sp³-hybridized carbons (Fsp3) is 0.308. The summed E-state index contributed by atoms with van der Waals surface area (Å²) in [6.45, 7) is 3.64. The Morgan fingerprint density at radius 3 is 2.57 bits per heavy atom. The predicted molar refractivity (Wildman–Crippen MR) is 82.6 cm³/mol. The lowest BCUT2D eigenvalue weighted by Gasteiger charge is -2.17. The maximum atomic E-state index is 12.9. The first-order valence-corrected chi connectivity index (χ1v) is 7.97. The molecule has 0 aliphatic carbocycles. The van der Waals surface area contributed by atoms with Crippen LogP contribution in [-0.4, -0.2) is 21.4 Å². The Kier molecular flexibility index (Phi) is 5.13. The van der Waals surface area contributed by atoms with E-state index < -0.39 is 0 Å². The van der Waals surface area contributed by atoms with Gasteiger partial charge < -0.3 is 11.1 Å². The molecule has 0 fully saturated rings. The van der Waals surface area contributed by atoms with Gasteiger partial charge in [0.2, 0.25) is 11.0 Å². The van der Waals surface area contributed by atoms with E-state index in [0.717, 1.165) is 5.56 Å². The van der Waals surface area contributed by atoms with Crippen molar-refractivity contribution in [2.45, 2.75) is 29.5 Å². The molecule has 2 rings (SSSR count). The summed E-state index contributed by atoms with van der Waals surface area (Å²) in [6.07, 6.45) is 0. The summed E-state index contributed by atoms with van der Waals surface area (Å²) in [7, 11) is 0. The Balaban J connectivity index is 1.92. The van der Waals surface area contributed by atoms with Crippen LogP contribution in [0.1, 0.15) is 25.5 Å². The lowest BCUT2D eigenvalue weighted by atomic mass is 10.1. The van der Waals surface area contributed by atoms with Crippen LogP contribution >= 0.6 is 23.1 Å². The molecule has 2 atom stereocenters. The molecule has 1 amide bonds. The van der Waals surface area contributed by atoms with Crippen molar-refractivity contribution >= 4 is 34.1 Å². The minimum Gasteiger partial charge on any atom is -0.374 e. The second-order valence-electron chi connectivity index (χ2n) is 4.45. The number of hydrogen-bond donors (Lipinski definition) is 2. The summed E-state index contributed by atoms with van der Waals surface area (Å²) in [6, 6.07) is 5.87. The molecule has 0 aliphatic heterocycles. The zero-order chi connectivity index (χ0) is 15.4. The summed E-state index contributed by atoms with van der Waals surface area (Å²) in [4.78, 5) is 12.1. The first-order valence-electron chi connectivity index (χ1n) is 6.27. The third-order valence-corrected chi connectivity index (χ3v) is 4.73. The van der Waals surface area contributed by atoms with Crippen molar-refractivity contribution in [3.63, 3.8) is 0 Å². The summed E-state index contributed by atoms with van der Waals surface area (Å²) < 4.78 is 13.5. The zero-order valence-electron chi connectivity index (χ0n) is 11.5. The zero-order valence-corrected chi connectivity index (χ0v) is 13.2. The summed E-state index contributed by atoms with van der Waals surface area (Å²) in [5.41, 5.74) is 6.35. The van der Waals surface area contributed by atoms with Gasteiger partial charge in [0.1, 0.15) is 5.82 Å². The van der Waals surface area contributed by atoms with Crippen LogP contribution in [-0.2, 0) is 4.79 Å². The number of aromatic nitrogens is 2. The van der Waals surface area contributed by atoms with Crippen molar-refractivity contribution in [1.82, 2.24) is 15.5 Å². The van der Waals surface area contributed by atoms with Gasteiger partial charge in [-0.25, -0.2) is 4.39 Å². The first-order chi connectivity index (χ1) is 9.95. The lowest BCUT2D eigenvalue weighted by Crippen LogP contribution is -2.33. The molecule has 5 nitrogen and oxygen atoms in total. The number of nitrogens with one attached hydrogen (secondary N) is 1. The Morgan fingerprint density at radius 2 is 2.00 bits per heavy atom. The van der Waals surface area contributed by atoms with E-state index in [1.165, 1.54) is 35.2 Å². The quantitative estimate of drug-likeness (QED) is 0.826. The average Bonchev–Trinajstić information content (AvgIpc) is 2.84. The van der Waals surface area contributed by atoms with Gasteiger partial charge in [-0.05, 0) is 31.5 Å². The molecular weight excluding hydrogens is 311 g/mol. The van der Waals surface area contributed by atoms with Gasteiger partial charge in [-0.2, -0.15) is 0 Å². The van der Waals surface area contributed by atoms with Gasteiger partial charge in [0.05, 0.1) is 11.3 Å². The van der Waals surface area contributed by atoms with Crippen LogP contribution in [0.25, 0.3) is 0 Å². The fourth-order valence-corrected chi connectivity index (χ4v) is 3.43. The van der Waals surface area contributed by atoms with E-state index in [9.17, 15) is 9.18 Å². The Labute approximate surface area is 130 Å². The van der Waals surface area contributed by atoms with E-state index in [0.29, 0.717) is 9.47 Å². The maximum Gasteiger partial charge on any atom is 0.233 e. The Hall–Kier alpha value is -1.67. The molecule has 2 aromatic rings. The van der Waals surface area contributed by atoms with E-state index in [-0.39, 0.29) is 23.0 Å². The SMILES string of the molecule is C[C@H](Sc1nnc(N)s1)C(=O)N[C@H](C)c1ccc(F)cc1. The highest BCUT2D eigenvalue weighted by Gasteiger charge is 2.19. The maximum absolute atomic E-state index is 12.9. The molecule has 0 unspecified atom stereocenters. The number of carbonyl (C=O) groups excluding carboxylic acids is 1. The topological polar surface area (TPSA) is 80.9 Å². The fourth-order valence-electron chi connectivity index (χ4n) is 1.64. The highest BCUT2D eigenvalue weighted by molar-refractivity contribution is 8.02. The monoisotopic (exact) mass is 326 g/mol. The Morgan fingerprint density at radius 1 is 1.33 bits per heavy atom. The second kappa shape index (κ2) is 6.86. The number of amides is 1. The van der Waals surface area contributed by atoms with Gasteiger partial charge in [-0.15, -0.1) is 10.2 Å². The van der Waals surface area contributed by atoms with Crippen LogP contribution in [0, 0.1) is 5.82 Å². The molecule has 21 heavy (non-hydrogen) atoms. The first kappa shape index (κ1) is 15.7. The van der Waals surface area contributed by atoms with Gasteiger partial charge >= 0.3 is 0 Å². The van der Waals surface area contributed by atoms with Crippen molar-refractivity contribution in [3.8, 4) is 0 Å². The molecule has 0 spiro atoms. The predicted octanol–water partition coefficient (Wildman–Crippen LogP) is 2.62. The summed E-state index contributed by atoms with van der Waals surface area (Å²) in [5, 5.41) is 10.5. The largest absolute Gasteiger partial charge is 0.374 e. The van der Waals surface area contributed by atoms with Gasteiger partial charge in [-0.1, -0.05) is 35.2 Å². The van der Waals surface area contributed by atoms with Crippen molar-refractivity contribution < 1.29 is 9.18 Å². The third kappa shape index (κ3) is 4.40. The molecule has 3 N–H and O–H groups in total. The molecule has 8 heteroatoms. The highest BCUT2D eigenvalue weighted by Crippen LogP contribution is 2.27. The molecule has 0 saturated carbocycles. The van der Waals surface area contributed by atoms with Crippen LogP contribution in [0.5, 0.6) is 0 Å². The van der Waals surface area contributed by atoms with Crippen LogP contribution in [0.3, 0.4) is 0 Å². The number of anilines is 1. The summed E-state index contributed by atoms with van der Waals surface area (Å²) in [5.74, 6) is -0.416. The van der Waals surface area contributed by atoms with Crippen LogP contribution < -0.4 is 11.1 Å². The lowest BCUT2D eigenvalue weighted by molar-refractivity contribution is -0.120. The Bertz CT molecular complexity index is 617. The number of carbonyl (C=O) groups is 1. The number of halogens is 1. The smallest absolute Gasteiger partial charge is 0.233 e. The third-order valence-electron chi connectivity index (χ3n) is 2.80. The van der Waals surface area contributed by atoms with E-state index in [2.05, 4.69) is 15.5 Å². The molecule has 0 radical (unpaired) electrons. The van der Waals surface area contributed by atoms with Crippen LogP contribution in [0.15, 0.2) is 28.6 Å². The normalized spacial score (nSPS) is 13.7. The highest BCUT2D eigenvalue weighted by atomic mass is 32.2. The number of nitrogens with two attached hydrogens (primary N) is 1. The van der Waals surface area contributed by atoms with E-state index >= 15 is 0 Å². The van der Waals surface area contributed by atoms with Gasteiger partial charge in [0, 0.05) is 0 Å². The molecule has 1 aromatic heterocycles. The number of benzene rings is 1. The minimum atomic E-state index is -0.319. The van der Waals surface area contributed by atoms with Crippen molar-refractivity contribution in [1.29, 1.82) is 0 Å². The molecule has 0 saturated heterocycles. The van der Waals surface area contributed by atoms with Crippen molar-refractivity contribution in [3.05, 3.63) is 35.6 Å². The number of nitrogen functional groups attached to an aromatic ring is 1. The average molecular weight is 326 g/mol. The second-order valence-corrected chi connectivity index (χ2v) is 7.05. The number of thioether (sulfide) groups is 1. The molecule has 0 bridgehead atoms. The van der Waals surface area contributed by atoms with E-state index in [4.69, 9.17) is 5.73 Å². The van der Waals surface area contributed by atoms with Crippen LogP contribution in [0.4, 0.5) is 9.52 Å². The number of hydrogen-bond acceptors (Lipinski definition) is 6.